The molecule has 0 radical (unpaired) electrons. The molecule has 0 aliphatic carbocycles. The lowest BCUT2D eigenvalue weighted by molar-refractivity contribution is -0.118. The first-order chi connectivity index (χ1) is 14.7. The number of hydrogen-bond acceptors (Lipinski definition) is 3. The highest BCUT2D eigenvalue weighted by Gasteiger charge is 2.21. The molecule has 0 aliphatic rings. The van der Waals surface area contributed by atoms with Gasteiger partial charge in [0.15, 0.2) is 0 Å². The number of anilines is 2. The van der Waals surface area contributed by atoms with Crippen molar-refractivity contribution in [3.63, 3.8) is 0 Å². The second kappa shape index (κ2) is 9.35. The van der Waals surface area contributed by atoms with E-state index in [4.69, 9.17) is 11.6 Å². The van der Waals surface area contributed by atoms with Crippen molar-refractivity contribution in [1.82, 2.24) is 9.78 Å². The van der Waals surface area contributed by atoms with Gasteiger partial charge in [0.1, 0.15) is 5.15 Å². The quantitative estimate of drug-likeness (QED) is 0.544. The second-order valence-corrected chi connectivity index (χ2v) is 8.38. The van der Waals surface area contributed by atoms with Gasteiger partial charge in [0.25, 0.3) is 5.91 Å². The van der Waals surface area contributed by atoms with Crippen LogP contribution >= 0.6 is 11.6 Å². The summed E-state index contributed by atoms with van der Waals surface area (Å²) >= 11 is 6.53. The molecular formula is C24H27ClN4O2. The van der Waals surface area contributed by atoms with E-state index in [2.05, 4.69) is 15.7 Å². The standard InChI is InChI=1S/C24H27ClN4O2/c1-14(2)23(30)26-19-11-8-16(4)20(12-19)27-24(31)21-17(5)28-29(22(21)25)13-18-9-6-15(3)7-10-18/h6-12,14H,13H2,1-5H3,(H,26,30)(H,27,31). The molecule has 2 N–H and O–H groups in total. The monoisotopic (exact) mass is 438 g/mol. The number of aromatic nitrogens is 2. The van der Waals surface area contributed by atoms with Gasteiger partial charge in [-0.05, 0) is 44.0 Å². The first kappa shape index (κ1) is 22.6. The van der Waals surface area contributed by atoms with Crippen LogP contribution in [-0.2, 0) is 11.3 Å². The maximum atomic E-state index is 13.0. The fraction of sp³-hybridized carbons (Fsp3) is 0.292. The second-order valence-electron chi connectivity index (χ2n) is 8.02. The van der Waals surface area contributed by atoms with E-state index in [1.54, 1.807) is 17.7 Å². The Hall–Kier alpha value is -3.12. The van der Waals surface area contributed by atoms with E-state index in [1.165, 1.54) is 5.56 Å². The molecule has 7 heteroatoms. The molecule has 0 saturated heterocycles. The Morgan fingerprint density at radius 3 is 2.35 bits per heavy atom. The molecule has 3 aromatic rings. The minimum absolute atomic E-state index is 0.0857. The van der Waals surface area contributed by atoms with E-state index in [1.807, 2.05) is 64.1 Å². The van der Waals surface area contributed by atoms with E-state index in [0.717, 1.165) is 11.1 Å². The van der Waals surface area contributed by atoms with Crippen molar-refractivity contribution in [3.8, 4) is 0 Å². The third kappa shape index (κ3) is 5.33. The van der Waals surface area contributed by atoms with Gasteiger partial charge in [-0.25, -0.2) is 4.68 Å². The molecule has 2 amide bonds. The molecule has 0 unspecified atom stereocenters. The summed E-state index contributed by atoms with van der Waals surface area (Å²) in [7, 11) is 0. The smallest absolute Gasteiger partial charge is 0.260 e. The van der Waals surface area contributed by atoms with Crippen molar-refractivity contribution in [3.05, 3.63) is 75.6 Å². The maximum absolute atomic E-state index is 13.0. The molecule has 0 saturated carbocycles. The van der Waals surface area contributed by atoms with Crippen molar-refractivity contribution in [2.75, 3.05) is 10.6 Å². The Balaban J connectivity index is 1.81. The largest absolute Gasteiger partial charge is 0.326 e. The number of hydrogen-bond donors (Lipinski definition) is 2. The number of amides is 2. The number of halogens is 1. The van der Waals surface area contributed by atoms with Crippen LogP contribution in [0.5, 0.6) is 0 Å². The number of benzene rings is 2. The molecule has 0 spiro atoms. The highest BCUT2D eigenvalue weighted by Crippen LogP contribution is 2.25. The Morgan fingerprint density at radius 2 is 1.71 bits per heavy atom. The van der Waals surface area contributed by atoms with Gasteiger partial charge >= 0.3 is 0 Å². The Morgan fingerprint density at radius 1 is 1.03 bits per heavy atom. The van der Waals surface area contributed by atoms with Gasteiger partial charge in [-0.1, -0.05) is 61.3 Å². The Bertz CT molecular complexity index is 1120. The van der Waals surface area contributed by atoms with E-state index in [9.17, 15) is 9.59 Å². The maximum Gasteiger partial charge on any atom is 0.260 e. The molecule has 1 heterocycles. The molecule has 0 atom stereocenters. The average Bonchev–Trinajstić information content (AvgIpc) is 2.99. The molecule has 31 heavy (non-hydrogen) atoms. The van der Waals surface area contributed by atoms with Crippen LogP contribution in [0.3, 0.4) is 0 Å². The molecule has 0 fully saturated rings. The molecule has 162 valence electrons. The summed E-state index contributed by atoms with van der Waals surface area (Å²) < 4.78 is 1.63. The topological polar surface area (TPSA) is 76.0 Å². The molecule has 1 aromatic heterocycles. The summed E-state index contributed by atoms with van der Waals surface area (Å²) in [4.78, 5) is 25.0. The van der Waals surface area contributed by atoms with Crippen LogP contribution in [0.4, 0.5) is 11.4 Å². The number of aryl methyl sites for hydroxylation is 3. The third-order valence-electron chi connectivity index (χ3n) is 5.02. The molecule has 3 rings (SSSR count). The van der Waals surface area contributed by atoms with Crippen molar-refractivity contribution < 1.29 is 9.59 Å². The van der Waals surface area contributed by atoms with Gasteiger partial charge in [0.2, 0.25) is 5.91 Å². The van der Waals surface area contributed by atoms with E-state index >= 15 is 0 Å². The highest BCUT2D eigenvalue weighted by molar-refractivity contribution is 6.33. The fourth-order valence-electron chi connectivity index (χ4n) is 3.09. The van der Waals surface area contributed by atoms with Crippen LogP contribution < -0.4 is 10.6 Å². The molecular weight excluding hydrogens is 412 g/mol. The van der Waals surface area contributed by atoms with Crippen LogP contribution in [0.2, 0.25) is 5.15 Å². The zero-order valence-corrected chi connectivity index (χ0v) is 19.2. The summed E-state index contributed by atoms with van der Waals surface area (Å²) in [5.74, 6) is -0.564. The summed E-state index contributed by atoms with van der Waals surface area (Å²) in [6.07, 6.45) is 0. The van der Waals surface area contributed by atoms with E-state index in [-0.39, 0.29) is 22.9 Å². The third-order valence-corrected chi connectivity index (χ3v) is 5.41. The van der Waals surface area contributed by atoms with Crippen LogP contribution in [0, 0.1) is 26.7 Å². The highest BCUT2D eigenvalue weighted by atomic mass is 35.5. The Labute approximate surface area is 187 Å². The first-order valence-electron chi connectivity index (χ1n) is 10.2. The van der Waals surface area contributed by atoms with Crippen LogP contribution in [-0.4, -0.2) is 21.6 Å². The minimum Gasteiger partial charge on any atom is -0.326 e. The number of nitrogens with zero attached hydrogens (tertiary/aromatic N) is 2. The van der Waals surface area contributed by atoms with Crippen molar-refractivity contribution in [2.45, 2.75) is 41.2 Å². The van der Waals surface area contributed by atoms with Crippen molar-refractivity contribution in [1.29, 1.82) is 0 Å². The summed E-state index contributed by atoms with van der Waals surface area (Å²) in [5.41, 5.74) is 5.21. The van der Waals surface area contributed by atoms with Crippen molar-refractivity contribution in [2.24, 2.45) is 5.92 Å². The lowest BCUT2D eigenvalue weighted by Crippen LogP contribution is -2.18. The first-order valence-corrected chi connectivity index (χ1v) is 10.5. The van der Waals surface area contributed by atoms with Gasteiger partial charge in [-0.15, -0.1) is 0 Å². The molecule has 2 aromatic carbocycles. The number of nitrogens with one attached hydrogen (secondary N) is 2. The molecule has 0 aliphatic heterocycles. The van der Waals surface area contributed by atoms with Crippen LogP contribution in [0.15, 0.2) is 42.5 Å². The minimum atomic E-state index is -0.340. The van der Waals surface area contributed by atoms with E-state index < -0.39 is 0 Å². The lowest BCUT2D eigenvalue weighted by atomic mass is 10.1. The summed E-state index contributed by atoms with van der Waals surface area (Å²) in [5, 5.41) is 10.5. The zero-order chi connectivity index (χ0) is 22.7. The SMILES string of the molecule is Cc1ccc(Cn2nc(C)c(C(=O)Nc3cc(NC(=O)C(C)C)ccc3C)c2Cl)cc1. The molecule has 0 bridgehead atoms. The van der Waals surface area contributed by atoms with E-state index in [0.29, 0.717) is 29.2 Å². The lowest BCUT2D eigenvalue weighted by Gasteiger charge is -2.13. The fourth-order valence-corrected chi connectivity index (χ4v) is 3.41. The van der Waals surface area contributed by atoms with Gasteiger partial charge in [0.05, 0.1) is 17.8 Å². The van der Waals surface area contributed by atoms with Crippen molar-refractivity contribution >= 4 is 34.8 Å². The summed E-state index contributed by atoms with van der Waals surface area (Å²) in [6.45, 7) is 9.81. The number of carbonyl (C=O) groups excluding carboxylic acids is 2. The van der Waals surface area contributed by atoms with Gasteiger partial charge in [-0.2, -0.15) is 5.10 Å². The van der Waals surface area contributed by atoms with Crippen LogP contribution in [0.25, 0.3) is 0 Å². The van der Waals surface area contributed by atoms with Crippen LogP contribution in [0.1, 0.15) is 46.6 Å². The van der Waals surface area contributed by atoms with Gasteiger partial charge in [-0.3, -0.25) is 9.59 Å². The molecule has 6 nitrogen and oxygen atoms in total. The van der Waals surface area contributed by atoms with Gasteiger partial charge in [0, 0.05) is 17.3 Å². The average molecular weight is 439 g/mol. The summed E-state index contributed by atoms with van der Waals surface area (Å²) in [6, 6.07) is 13.5. The predicted octanol–water partition coefficient (Wildman–Crippen LogP) is 5.36. The predicted molar refractivity (Wildman–Crippen MR) is 125 cm³/mol. The number of carbonyl (C=O) groups is 2. The Kier molecular flexibility index (Phi) is 6.81. The normalized spacial score (nSPS) is 10.9. The van der Waals surface area contributed by atoms with Gasteiger partial charge < -0.3 is 10.6 Å². The zero-order valence-electron chi connectivity index (χ0n) is 18.4. The number of rotatable bonds is 6.